The molecule has 0 saturated carbocycles. The van der Waals surface area contributed by atoms with Crippen LogP contribution in [0.2, 0.25) is 0 Å². The fourth-order valence-electron chi connectivity index (χ4n) is 2.77. The van der Waals surface area contributed by atoms with E-state index >= 15 is 0 Å². The summed E-state index contributed by atoms with van der Waals surface area (Å²) in [4.78, 5) is 12.4. The molecule has 21 heavy (non-hydrogen) atoms. The largest absolute Gasteiger partial charge is 0.508 e. The lowest BCUT2D eigenvalue weighted by molar-refractivity contribution is -0.131. The molecule has 0 spiro atoms. The van der Waals surface area contributed by atoms with Crippen LogP contribution in [-0.4, -0.2) is 30.1 Å². The maximum Gasteiger partial charge on any atom is 0.227 e. The van der Waals surface area contributed by atoms with Gasteiger partial charge in [0.25, 0.3) is 0 Å². The van der Waals surface area contributed by atoms with Crippen molar-refractivity contribution in [2.45, 2.75) is 45.6 Å². The van der Waals surface area contributed by atoms with Crippen molar-refractivity contribution < 1.29 is 9.90 Å². The van der Waals surface area contributed by atoms with E-state index in [0.717, 1.165) is 38.8 Å². The van der Waals surface area contributed by atoms with Crippen LogP contribution in [0.25, 0.3) is 0 Å². The Balaban J connectivity index is 1.79. The van der Waals surface area contributed by atoms with E-state index in [1.807, 2.05) is 19.1 Å². The van der Waals surface area contributed by atoms with Gasteiger partial charge >= 0.3 is 0 Å². The minimum Gasteiger partial charge on any atom is -0.508 e. The lowest BCUT2D eigenvalue weighted by Crippen LogP contribution is -2.50. The Morgan fingerprint density at radius 3 is 2.76 bits per heavy atom. The van der Waals surface area contributed by atoms with Gasteiger partial charge in [0.1, 0.15) is 5.75 Å². The van der Waals surface area contributed by atoms with Crippen LogP contribution in [-0.2, 0) is 11.2 Å². The quantitative estimate of drug-likeness (QED) is 0.779. The number of aromatic hydroxyl groups is 1. The number of aryl methyl sites for hydroxylation is 1. The van der Waals surface area contributed by atoms with Gasteiger partial charge in [0.2, 0.25) is 5.91 Å². The molecule has 3 N–H and O–H groups in total. The maximum absolute atomic E-state index is 12.4. The second-order valence-electron chi connectivity index (χ2n) is 6.42. The van der Waals surface area contributed by atoms with Gasteiger partial charge in [0, 0.05) is 12.6 Å². The Labute approximate surface area is 126 Å². The highest BCUT2D eigenvalue weighted by molar-refractivity contribution is 5.82. The molecule has 0 aromatic heterocycles. The van der Waals surface area contributed by atoms with Crippen molar-refractivity contribution in [3.63, 3.8) is 0 Å². The van der Waals surface area contributed by atoms with E-state index in [1.165, 1.54) is 5.56 Å². The molecule has 1 saturated heterocycles. The van der Waals surface area contributed by atoms with Gasteiger partial charge in [-0.3, -0.25) is 4.79 Å². The molecule has 4 nitrogen and oxygen atoms in total. The van der Waals surface area contributed by atoms with Crippen LogP contribution in [0.1, 0.15) is 38.7 Å². The zero-order valence-electron chi connectivity index (χ0n) is 13.0. The van der Waals surface area contributed by atoms with Gasteiger partial charge in [-0.1, -0.05) is 12.1 Å². The van der Waals surface area contributed by atoms with Crippen LogP contribution in [0.5, 0.6) is 5.75 Å². The Morgan fingerprint density at radius 2 is 2.14 bits per heavy atom. The molecule has 0 radical (unpaired) electrons. The fourth-order valence-corrected chi connectivity index (χ4v) is 2.77. The van der Waals surface area contributed by atoms with Crippen molar-refractivity contribution in [1.29, 1.82) is 0 Å². The van der Waals surface area contributed by atoms with Crippen molar-refractivity contribution in [1.82, 2.24) is 10.6 Å². The first-order valence-corrected chi connectivity index (χ1v) is 7.79. The van der Waals surface area contributed by atoms with Crippen LogP contribution in [0, 0.1) is 5.41 Å². The number of phenolic OH excluding ortho intramolecular Hbond substituents is 1. The molecule has 1 amide bonds. The Kier molecular flexibility index (Phi) is 5.23. The normalized spacial score (nSPS) is 23.5. The SMILES string of the molecule is CC(CCc1ccc(O)cc1)NC(=O)C1(C)CCCNC1. The minimum absolute atomic E-state index is 0.157. The number of carbonyl (C=O) groups excluding carboxylic acids is 1. The molecule has 1 aromatic carbocycles. The second kappa shape index (κ2) is 6.94. The molecule has 1 heterocycles. The molecule has 0 aliphatic carbocycles. The predicted molar refractivity (Wildman–Crippen MR) is 84.2 cm³/mol. The number of nitrogens with one attached hydrogen (secondary N) is 2. The molecular formula is C17H26N2O2. The third-order valence-electron chi connectivity index (χ3n) is 4.33. The predicted octanol–water partition coefficient (Wildman–Crippen LogP) is 2.22. The van der Waals surface area contributed by atoms with E-state index in [1.54, 1.807) is 12.1 Å². The summed E-state index contributed by atoms with van der Waals surface area (Å²) in [7, 11) is 0. The highest BCUT2D eigenvalue weighted by Gasteiger charge is 2.34. The van der Waals surface area contributed by atoms with Crippen molar-refractivity contribution in [2.75, 3.05) is 13.1 Å². The highest BCUT2D eigenvalue weighted by Crippen LogP contribution is 2.25. The van der Waals surface area contributed by atoms with Crippen molar-refractivity contribution in [3.8, 4) is 5.75 Å². The van der Waals surface area contributed by atoms with E-state index in [-0.39, 0.29) is 23.1 Å². The Hall–Kier alpha value is -1.55. The number of piperidine rings is 1. The average Bonchev–Trinajstić information content (AvgIpc) is 2.47. The first-order valence-electron chi connectivity index (χ1n) is 7.79. The monoisotopic (exact) mass is 290 g/mol. The van der Waals surface area contributed by atoms with Crippen molar-refractivity contribution in [2.24, 2.45) is 5.41 Å². The van der Waals surface area contributed by atoms with Crippen molar-refractivity contribution in [3.05, 3.63) is 29.8 Å². The number of hydrogen-bond acceptors (Lipinski definition) is 3. The summed E-state index contributed by atoms with van der Waals surface area (Å²) >= 11 is 0. The smallest absolute Gasteiger partial charge is 0.227 e. The summed E-state index contributed by atoms with van der Waals surface area (Å²) in [5, 5.41) is 15.7. The lowest BCUT2D eigenvalue weighted by atomic mass is 9.81. The number of phenols is 1. The highest BCUT2D eigenvalue weighted by atomic mass is 16.3. The number of rotatable bonds is 5. The molecule has 1 aliphatic heterocycles. The Morgan fingerprint density at radius 1 is 1.43 bits per heavy atom. The minimum atomic E-state index is -0.273. The fraction of sp³-hybridized carbons (Fsp3) is 0.588. The topological polar surface area (TPSA) is 61.4 Å². The first kappa shape index (κ1) is 15.8. The summed E-state index contributed by atoms with van der Waals surface area (Å²) in [6.07, 6.45) is 3.82. The van der Waals surface area contributed by atoms with E-state index in [2.05, 4.69) is 17.6 Å². The molecular weight excluding hydrogens is 264 g/mol. The van der Waals surface area contributed by atoms with Gasteiger partial charge < -0.3 is 15.7 Å². The van der Waals surface area contributed by atoms with Crippen molar-refractivity contribution >= 4 is 5.91 Å². The van der Waals surface area contributed by atoms with Gasteiger partial charge in [-0.05, 0) is 63.8 Å². The van der Waals surface area contributed by atoms with Crippen LogP contribution in [0.4, 0.5) is 0 Å². The second-order valence-corrected chi connectivity index (χ2v) is 6.42. The molecule has 2 rings (SSSR count). The van der Waals surface area contributed by atoms with Gasteiger partial charge in [-0.2, -0.15) is 0 Å². The molecule has 1 aliphatic rings. The van der Waals surface area contributed by atoms with E-state index in [0.29, 0.717) is 0 Å². The summed E-state index contributed by atoms with van der Waals surface area (Å²) in [5.41, 5.74) is 0.907. The molecule has 0 bridgehead atoms. The molecule has 4 heteroatoms. The molecule has 1 aromatic rings. The summed E-state index contributed by atoms with van der Waals surface area (Å²) in [6.45, 7) is 5.88. The zero-order valence-corrected chi connectivity index (χ0v) is 13.0. The molecule has 116 valence electrons. The van der Waals surface area contributed by atoms with Gasteiger partial charge in [0.15, 0.2) is 0 Å². The first-order chi connectivity index (χ1) is 9.99. The number of carbonyl (C=O) groups is 1. The number of benzene rings is 1. The number of hydrogen-bond donors (Lipinski definition) is 3. The standard InChI is InChI=1S/C17H26N2O2/c1-13(4-5-14-6-8-15(20)9-7-14)19-16(21)17(2)10-3-11-18-12-17/h6-9,13,18,20H,3-5,10-12H2,1-2H3,(H,19,21). The van der Waals surface area contributed by atoms with Gasteiger partial charge in [0.05, 0.1) is 5.41 Å². The van der Waals surface area contributed by atoms with Crippen LogP contribution in [0.3, 0.4) is 0 Å². The molecule has 1 fully saturated rings. The van der Waals surface area contributed by atoms with Crippen LogP contribution in [0.15, 0.2) is 24.3 Å². The van der Waals surface area contributed by atoms with E-state index in [9.17, 15) is 9.90 Å². The Bertz CT molecular complexity index is 464. The van der Waals surface area contributed by atoms with E-state index in [4.69, 9.17) is 0 Å². The number of amides is 1. The summed E-state index contributed by atoms with van der Waals surface area (Å²) in [6, 6.07) is 7.41. The van der Waals surface area contributed by atoms with Gasteiger partial charge in [-0.15, -0.1) is 0 Å². The lowest BCUT2D eigenvalue weighted by Gasteiger charge is -2.33. The molecule has 2 unspecified atom stereocenters. The van der Waals surface area contributed by atoms with Crippen LogP contribution < -0.4 is 10.6 Å². The third kappa shape index (κ3) is 4.46. The third-order valence-corrected chi connectivity index (χ3v) is 4.33. The maximum atomic E-state index is 12.4. The van der Waals surface area contributed by atoms with E-state index < -0.39 is 0 Å². The molecule has 2 atom stereocenters. The average molecular weight is 290 g/mol. The summed E-state index contributed by atoms with van der Waals surface area (Å²) in [5.74, 6) is 0.450. The van der Waals surface area contributed by atoms with Gasteiger partial charge in [-0.25, -0.2) is 0 Å². The van der Waals surface area contributed by atoms with Crippen LogP contribution >= 0.6 is 0 Å². The zero-order chi connectivity index (χ0) is 15.3. The summed E-state index contributed by atoms with van der Waals surface area (Å²) < 4.78 is 0.